The lowest BCUT2D eigenvalue weighted by Gasteiger charge is -2.14. The van der Waals surface area contributed by atoms with E-state index in [0.717, 1.165) is 24.2 Å². The number of alkyl halides is 3. The van der Waals surface area contributed by atoms with E-state index in [1.54, 1.807) is 0 Å². The molecule has 0 saturated carbocycles. The van der Waals surface area contributed by atoms with Crippen LogP contribution in [0, 0.1) is 5.82 Å². The third kappa shape index (κ3) is 5.03. The van der Waals surface area contributed by atoms with E-state index in [1.807, 2.05) is 20.8 Å². The smallest absolute Gasteiger partial charge is 0.223 e. The highest BCUT2D eigenvalue weighted by Crippen LogP contribution is 2.35. The molecule has 0 unspecified atom stereocenters. The van der Waals surface area contributed by atoms with Gasteiger partial charge in [0.15, 0.2) is 0 Å². The van der Waals surface area contributed by atoms with Crippen molar-refractivity contribution in [3.05, 3.63) is 34.1 Å². The molecule has 0 fully saturated rings. The number of rotatable bonds is 2. The molecule has 0 radical (unpaired) electrons. The molecule has 106 valence electrons. The molecule has 0 aliphatic heterocycles. The maximum atomic E-state index is 13.0. The quantitative estimate of drug-likeness (QED) is 0.406. The van der Waals surface area contributed by atoms with Crippen LogP contribution in [0.4, 0.5) is 17.6 Å². The van der Waals surface area contributed by atoms with Gasteiger partial charge in [-0.3, -0.25) is 0 Å². The van der Waals surface area contributed by atoms with E-state index >= 15 is 0 Å². The lowest BCUT2D eigenvalue weighted by Crippen LogP contribution is -2.10. The van der Waals surface area contributed by atoms with E-state index in [9.17, 15) is 17.6 Å². The molecule has 1 aromatic rings. The Kier molecular flexibility index (Phi) is 4.90. The first-order valence-electron chi connectivity index (χ1n) is 5.28. The van der Waals surface area contributed by atoms with Crippen molar-refractivity contribution in [1.29, 1.82) is 0 Å². The average molecular weight is 314 g/mol. The largest absolute Gasteiger partial charge is 0.417 e. The van der Waals surface area contributed by atoms with Crippen LogP contribution in [0.15, 0.2) is 16.5 Å². The predicted octanol–water partition coefficient (Wildman–Crippen LogP) is 5.36. The summed E-state index contributed by atoms with van der Waals surface area (Å²) >= 11 is 6.76. The Hall–Kier alpha value is -0.750. The highest BCUT2D eigenvalue weighted by atomic mass is 35.5. The Morgan fingerprint density at radius 1 is 1.21 bits per heavy atom. The molecular formula is C12H12ClF4NS. The molecular weight excluding hydrogens is 302 g/mol. The molecule has 0 saturated heterocycles. The van der Waals surface area contributed by atoms with Crippen molar-refractivity contribution in [2.24, 2.45) is 4.40 Å². The summed E-state index contributed by atoms with van der Waals surface area (Å²) < 4.78 is 55.0. The maximum absolute atomic E-state index is 13.0. The van der Waals surface area contributed by atoms with Crippen LogP contribution < -0.4 is 0 Å². The molecule has 19 heavy (non-hydrogen) atoms. The number of benzene rings is 1. The molecule has 1 aromatic carbocycles. The predicted molar refractivity (Wildman–Crippen MR) is 71.4 cm³/mol. The summed E-state index contributed by atoms with van der Waals surface area (Å²) in [5, 5.41) is -0.314. The minimum Gasteiger partial charge on any atom is -0.223 e. The second-order valence-corrected chi connectivity index (χ2v) is 6.81. The van der Waals surface area contributed by atoms with E-state index in [4.69, 9.17) is 11.6 Å². The van der Waals surface area contributed by atoms with E-state index in [-0.39, 0.29) is 15.3 Å². The molecule has 7 heteroatoms. The average Bonchev–Trinajstić information content (AvgIpc) is 2.17. The van der Waals surface area contributed by atoms with Crippen molar-refractivity contribution >= 4 is 29.8 Å². The summed E-state index contributed by atoms with van der Waals surface area (Å²) in [7, 11) is 0. The molecule has 0 aliphatic carbocycles. The highest BCUT2D eigenvalue weighted by Gasteiger charge is 2.34. The van der Waals surface area contributed by atoms with Crippen LogP contribution in [0.25, 0.3) is 0 Å². The normalized spacial score (nSPS) is 13.3. The van der Waals surface area contributed by atoms with Crippen LogP contribution >= 0.6 is 23.5 Å². The van der Waals surface area contributed by atoms with Crippen LogP contribution in [-0.4, -0.2) is 11.0 Å². The molecule has 1 rings (SSSR count). The van der Waals surface area contributed by atoms with Gasteiger partial charge in [0.25, 0.3) is 0 Å². The fourth-order valence-corrected chi connectivity index (χ4v) is 1.92. The summed E-state index contributed by atoms with van der Waals surface area (Å²) in [6, 6.07) is 1.24. The third-order valence-corrected chi connectivity index (χ3v) is 2.98. The summed E-state index contributed by atoms with van der Waals surface area (Å²) in [6.45, 7) is 5.60. The van der Waals surface area contributed by atoms with E-state index in [0.29, 0.717) is 6.07 Å². The first kappa shape index (κ1) is 16.3. The Balaban J connectivity index is 3.19. The standard InChI is InChI=1S/C12H12ClF4NS/c1-11(2,3)19-18-6-8-9(12(15,16)17)4-7(14)5-10(8)13/h4-6H,1-3H3/b18-6+. The third-order valence-electron chi connectivity index (χ3n) is 1.91. The SMILES string of the molecule is CC(C)(C)S/N=C/c1c(Cl)cc(F)cc1C(F)(F)F. The van der Waals surface area contributed by atoms with Gasteiger partial charge in [-0.25, -0.2) is 8.79 Å². The molecule has 0 N–H and O–H groups in total. The molecule has 0 heterocycles. The Morgan fingerprint density at radius 2 is 1.79 bits per heavy atom. The molecule has 1 nitrogen and oxygen atoms in total. The summed E-state index contributed by atoms with van der Waals surface area (Å²) in [6.07, 6.45) is -3.67. The van der Waals surface area contributed by atoms with Gasteiger partial charge in [0.2, 0.25) is 0 Å². The van der Waals surface area contributed by atoms with Crippen LogP contribution in [0.2, 0.25) is 5.02 Å². The maximum Gasteiger partial charge on any atom is 0.417 e. The van der Waals surface area contributed by atoms with Crippen LogP contribution in [0.3, 0.4) is 0 Å². The first-order chi connectivity index (χ1) is 8.50. The van der Waals surface area contributed by atoms with Gasteiger partial charge in [0.1, 0.15) is 5.82 Å². The van der Waals surface area contributed by atoms with Crippen molar-refractivity contribution in [2.75, 3.05) is 0 Å². The van der Waals surface area contributed by atoms with Gasteiger partial charge in [0.05, 0.1) is 10.6 Å². The van der Waals surface area contributed by atoms with Gasteiger partial charge in [0, 0.05) is 16.5 Å². The topological polar surface area (TPSA) is 12.4 Å². The van der Waals surface area contributed by atoms with Crippen molar-refractivity contribution in [1.82, 2.24) is 0 Å². The van der Waals surface area contributed by atoms with Gasteiger partial charge in [-0.05, 0) is 44.9 Å². The number of nitrogens with zero attached hydrogens (tertiary/aromatic N) is 1. The number of hydrogen-bond acceptors (Lipinski definition) is 2. The second kappa shape index (κ2) is 5.71. The lowest BCUT2D eigenvalue weighted by atomic mass is 10.1. The van der Waals surface area contributed by atoms with E-state index < -0.39 is 17.6 Å². The fraction of sp³-hybridized carbons (Fsp3) is 0.417. The molecule has 0 aliphatic rings. The Morgan fingerprint density at radius 3 is 2.26 bits per heavy atom. The van der Waals surface area contributed by atoms with Gasteiger partial charge in [-0.2, -0.15) is 13.2 Å². The van der Waals surface area contributed by atoms with Crippen LogP contribution in [0.1, 0.15) is 31.9 Å². The number of halogens is 5. The fourth-order valence-electron chi connectivity index (χ4n) is 1.19. The molecule has 0 bridgehead atoms. The van der Waals surface area contributed by atoms with E-state index in [1.165, 1.54) is 0 Å². The van der Waals surface area contributed by atoms with Gasteiger partial charge >= 0.3 is 6.18 Å². The van der Waals surface area contributed by atoms with Crippen molar-refractivity contribution < 1.29 is 17.6 Å². The van der Waals surface area contributed by atoms with Crippen LogP contribution in [-0.2, 0) is 6.18 Å². The molecule has 0 spiro atoms. The summed E-state index contributed by atoms with van der Waals surface area (Å²) in [5.41, 5.74) is -1.46. The highest BCUT2D eigenvalue weighted by molar-refractivity contribution is 7.99. The van der Waals surface area contributed by atoms with Gasteiger partial charge in [-0.1, -0.05) is 11.6 Å². The number of hydrogen-bond donors (Lipinski definition) is 0. The minimum atomic E-state index is -4.68. The lowest BCUT2D eigenvalue weighted by molar-refractivity contribution is -0.137. The zero-order chi connectivity index (χ0) is 14.8. The van der Waals surface area contributed by atoms with Crippen molar-refractivity contribution in [3.63, 3.8) is 0 Å². The van der Waals surface area contributed by atoms with Crippen molar-refractivity contribution in [3.8, 4) is 0 Å². The molecule has 0 aromatic heterocycles. The summed E-state index contributed by atoms with van der Waals surface area (Å²) in [5.74, 6) is -1.03. The zero-order valence-corrected chi connectivity index (χ0v) is 12.0. The first-order valence-corrected chi connectivity index (χ1v) is 6.43. The molecule has 0 atom stereocenters. The van der Waals surface area contributed by atoms with Crippen molar-refractivity contribution in [2.45, 2.75) is 31.7 Å². The Bertz CT molecular complexity index is 492. The van der Waals surface area contributed by atoms with Crippen LogP contribution in [0.5, 0.6) is 0 Å². The van der Waals surface area contributed by atoms with Gasteiger partial charge < -0.3 is 0 Å². The van der Waals surface area contributed by atoms with Gasteiger partial charge in [-0.15, -0.1) is 0 Å². The monoisotopic (exact) mass is 313 g/mol. The summed E-state index contributed by atoms with van der Waals surface area (Å²) in [4.78, 5) is 0. The Labute approximate surface area is 118 Å². The van der Waals surface area contributed by atoms with E-state index in [2.05, 4.69) is 4.40 Å². The molecule has 0 amide bonds. The minimum absolute atomic E-state index is 0.235. The zero-order valence-electron chi connectivity index (χ0n) is 10.5. The second-order valence-electron chi connectivity index (χ2n) is 4.78.